The average Bonchev–Trinajstić information content (AvgIpc) is 2.14. The molecule has 0 saturated heterocycles. The summed E-state index contributed by atoms with van der Waals surface area (Å²) in [5, 5.41) is 3.50. The van der Waals surface area contributed by atoms with Crippen LogP contribution in [0, 0.1) is 0 Å². The van der Waals surface area contributed by atoms with Crippen molar-refractivity contribution in [3.8, 4) is 0 Å². The van der Waals surface area contributed by atoms with E-state index in [9.17, 15) is 0 Å². The Morgan fingerprint density at radius 3 is 2.54 bits per heavy atom. The Morgan fingerprint density at radius 2 is 2.08 bits per heavy atom. The minimum Gasteiger partial charge on any atom is -0.313 e. The highest BCUT2D eigenvalue weighted by Gasteiger charge is 2.07. The molecule has 2 heteroatoms. The fourth-order valence-electron chi connectivity index (χ4n) is 1.23. The maximum absolute atomic E-state index is 4.05. The van der Waals surface area contributed by atoms with Crippen LogP contribution in [0.2, 0.25) is 0 Å². The third kappa shape index (κ3) is 7.15. The van der Waals surface area contributed by atoms with Crippen molar-refractivity contribution < 1.29 is 0 Å². The molecule has 0 aromatic heterocycles. The molecular weight excluding hydrogens is 178 g/mol. The largest absolute Gasteiger partial charge is 0.313 e. The third-order valence-electron chi connectivity index (χ3n) is 2.05. The topological polar surface area (TPSA) is 12.0 Å². The number of nitrogens with one attached hydrogen (secondary N) is 1. The van der Waals surface area contributed by atoms with Gasteiger partial charge >= 0.3 is 0 Å². The second-order valence-corrected chi connectivity index (χ2v) is 4.54. The van der Waals surface area contributed by atoms with E-state index in [4.69, 9.17) is 0 Å². The van der Waals surface area contributed by atoms with Crippen LogP contribution < -0.4 is 5.32 Å². The van der Waals surface area contributed by atoms with Crippen LogP contribution in [0.25, 0.3) is 0 Å². The number of hydrogen-bond donors (Lipinski definition) is 1. The SMILES string of the molecule is C=C(CC)CC(CSCC)NCC. The molecule has 0 aliphatic carbocycles. The Kier molecular flexibility index (Phi) is 8.67. The first-order chi connectivity index (χ1) is 6.24. The number of hydrogen-bond acceptors (Lipinski definition) is 2. The van der Waals surface area contributed by atoms with Gasteiger partial charge in [0.15, 0.2) is 0 Å². The normalized spacial score (nSPS) is 12.8. The van der Waals surface area contributed by atoms with E-state index in [2.05, 4.69) is 32.7 Å². The van der Waals surface area contributed by atoms with E-state index in [1.165, 1.54) is 17.1 Å². The summed E-state index contributed by atoms with van der Waals surface area (Å²) in [4.78, 5) is 0. The van der Waals surface area contributed by atoms with Crippen molar-refractivity contribution in [3.05, 3.63) is 12.2 Å². The van der Waals surface area contributed by atoms with Crippen molar-refractivity contribution in [3.63, 3.8) is 0 Å². The molecule has 1 nitrogen and oxygen atoms in total. The van der Waals surface area contributed by atoms with Crippen LogP contribution in [-0.4, -0.2) is 24.1 Å². The summed E-state index contributed by atoms with van der Waals surface area (Å²) in [7, 11) is 0. The smallest absolute Gasteiger partial charge is 0.0195 e. The quantitative estimate of drug-likeness (QED) is 0.606. The van der Waals surface area contributed by atoms with Crippen molar-refractivity contribution in [1.29, 1.82) is 0 Å². The van der Waals surface area contributed by atoms with Gasteiger partial charge in [0.1, 0.15) is 0 Å². The second kappa shape index (κ2) is 8.64. The fraction of sp³-hybridized carbons (Fsp3) is 0.818. The lowest BCUT2D eigenvalue weighted by molar-refractivity contribution is 0.565. The molecule has 0 heterocycles. The van der Waals surface area contributed by atoms with Gasteiger partial charge in [0.2, 0.25) is 0 Å². The van der Waals surface area contributed by atoms with Crippen molar-refractivity contribution in [2.75, 3.05) is 18.1 Å². The van der Waals surface area contributed by atoms with Crippen LogP contribution in [0.1, 0.15) is 33.6 Å². The summed E-state index contributed by atoms with van der Waals surface area (Å²) in [6.45, 7) is 11.7. The number of rotatable bonds is 8. The van der Waals surface area contributed by atoms with Crippen LogP contribution in [0.15, 0.2) is 12.2 Å². The zero-order valence-electron chi connectivity index (χ0n) is 9.23. The molecule has 0 spiro atoms. The lowest BCUT2D eigenvalue weighted by Crippen LogP contribution is -2.31. The lowest BCUT2D eigenvalue weighted by atomic mass is 10.1. The monoisotopic (exact) mass is 201 g/mol. The summed E-state index contributed by atoms with van der Waals surface area (Å²) in [5.41, 5.74) is 1.36. The average molecular weight is 201 g/mol. The molecule has 0 aliphatic heterocycles. The highest BCUT2D eigenvalue weighted by molar-refractivity contribution is 7.99. The van der Waals surface area contributed by atoms with Gasteiger partial charge in [0.25, 0.3) is 0 Å². The molecule has 0 aromatic carbocycles. The van der Waals surface area contributed by atoms with Crippen LogP contribution in [0.3, 0.4) is 0 Å². The molecule has 0 fully saturated rings. The molecule has 0 rings (SSSR count). The second-order valence-electron chi connectivity index (χ2n) is 3.22. The van der Waals surface area contributed by atoms with Gasteiger partial charge in [-0.05, 0) is 25.1 Å². The number of thioether (sulfide) groups is 1. The predicted molar refractivity (Wildman–Crippen MR) is 64.5 cm³/mol. The molecule has 1 unspecified atom stereocenters. The van der Waals surface area contributed by atoms with E-state index in [-0.39, 0.29) is 0 Å². The molecule has 1 N–H and O–H groups in total. The Hall–Kier alpha value is 0.0500. The van der Waals surface area contributed by atoms with E-state index in [0.717, 1.165) is 19.4 Å². The predicted octanol–water partition coefficient (Wildman–Crippen LogP) is 3.07. The Balaban J connectivity index is 3.71. The van der Waals surface area contributed by atoms with Gasteiger partial charge in [-0.3, -0.25) is 0 Å². The molecule has 0 radical (unpaired) electrons. The van der Waals surface area contributed by atoms with Crippen molar-refractivity contribution in [2.45, 2.75) is 39.7 Å². The van der Waals surface area contributed by atoms with Crippen LogP contribution >= 0.6 is 11.8 Å². The molecule has 0 aliphatic rings. The van der Waals surface area contributed by atoms with Crippen LogP contribution in [-0.2, 0) is 0 Å². The van der Waals surface area contributed by atoms with E-state index >= 15 is 0 Å². The molecule has 0 bridgehead atoms. The summed E-state index contributed by atoms with van der Waals surface area (Å²) in [5.74, 6) is 2.42. The van der Waals surface area contributed by atoms with E-state index in [1.807, 2.05) is 11.8 Å². The summed E-state index contributed by atoms with van der Waals surface area (Å²) >= 11 is 2.01. The highest BCUT2D eigenvalue weighted by atomic mass is 32.2. The minimum absolute atomic E-state index is 0.627. The van der Waals surface area contributed by atoms with E-state index in [0.29, 0.717) is 6.04 Å². The summed E-state index contributed by atoms with van der Waals surface area (Å²) in [6, 6.07) is 0.627. The molecular formula is C11H23NS. The van der Waals surface area contributed by atoms with Crippen molar-refractivity contribution in [1.82, 2.24) is 5.32 Å². The first-order valence-corrected chi connectivity index (χ1v) is 6.37. The van der Waals surface area contributed by atoms with Gasteiger partial charge < -0.3 is 5.32 Å². The van der Waals surface area contributed by atoms with Gasteiger partial charge in [0.05, 0.1) is 0 Å². The zero-order chi connectivity index (χ0) is 10.1. The molecule has 0 saturated carbocycles. The zero-order valence-corrected chi connectivity index (χ0v) is 10.0. The van der Waals surface area contributed by atoms with Crippen LogP contribution in [0.5, 0.6) is 0 Å². The van der Waals surface area contributed by atoms with Gasteiger partial charge in [-0.1, -0.05) is 32.9 Å². The summed E-state index contributed by atoms with van der Waals surface area (Å²) in [6.07, 6.45) is 2.25. The van der Waals surface area contributed by atoms with Crippen molar-refractivity contribution >= 4 is 11.8 Å². The first-order valence-electron chi connectivity index (χ1n) is 5.22. The van der Waals surface area contributed by atoms with Crippen LogP contribution in [0.4, 0.5) is 0 Å². The minimum atomic E-state index is 0.627. The van der Waals surface area contributed by atoms with Gasteiger partial charge in [-0.2, -0.15) is 11.8 Å². The van der Waals surface area contributed by atoms with E-state index in [1.54, 1.807) is 0 Å². The molecule has 13 heavy (non-hydrogen) atoms. The molecule has 78 valence electrons. The van der Waals surface area contributed by atoms with Gasteiger partial charge in [-0.15, -0.1) is 0 Å². The summed E-state index contributed by atoms with van der Waals surface area (Å²) < 4.78 is 0. The fourth-order valence-corrected chi connectivity index (χ4v) is 1.99. The van der Waals surface area contributed by atoms with E-state index < -0.39 is 0 Å². The Labute approximate surface area is 87.4 Å². The van der Waals surface area contributed by atoms with Gasteiger partial charge in [0, 0.05) is 11.8 Å². The molecule has 1 atom stereocenters. The third-order valence-corrected chi connectivity index (χ3v) is 3.10. The lowest BCUT2D eigenvalue weighted by Gasteiger charge is -2.17. The van der Waals surface area contributed by atoms with Gasteiger partial charge in [-0.25, -0.2) is 0 Å². The molecule has 0 aromatic rings. The first kappa shape index (κ1) is 13.1. The molecule has 0 amide bonds. The Morgan fingerprint density at radius 1 is 1.38 bits per heavy atom. The highest BCUT2D eigenvalue weighted by Crippen LogP contribution is 2.11. The maximum Gasteiger partial charge on any atom is 0.0195 e. The maximum atomic E-state index is 4.05. The van der Waals surface area contributed by atoms with Crippen molar-refractivity contribution in [2.24, 2.45) is 0 Å². The standard InChI is InChI=1S/C11H23NS/c1-5-10(4)8-11(12-6-2)9-13-7-3/h11-12H,4-9H2,1-3H3. The Bertz CT molecular complexity index is 134.